The van der Waals surface area contributed by atoms with Gasteiger partial charge in [0, 0.05) is 35.1 Å². The first-order valence-corrected chi connectivity index (χ1v) is 5.82. The molecule has 0 radical (unpaired) electrons. The topological polar surface area (TPSA) is 38.9 Å². The molecule has 1 heterocycles. The minimum atomic E-state index is 0.0764. The fourth-order valence-electron chi connectivity index (χ4n) is 1.72. The Bertz CT molecular complexity index is 524. The van der Waals surface area contributed by atoms with Crippen molar-refractivity contribution in [2.24, 2.45) is 5.73 Å². The van der Waals surface area contributed by atoms with Gasteiger partial charge in [0.2, 0.25) is 0 Å². The number of aromatic nitrogens is 1. The Hall–Kier alpha value is -0.830. The van der Waals surface area contributed by atoms with Crippen LogP contribution in [0.4, 0.5) is 0 Å². The maximum Gasteiger partial charge on any atom is 0.0671 e. The van der Waals surface area contributed by atoms with Gasteiger partial charge in [0.05, 0.1) is 10.0 Å². The molecule has 4 heteroatoms. The van der Waals surface area contributed by atoms with Crippen LogP contribution in [0.3, 0.4) is 0 Å². The first-order chi connectivity index (χ1) is 7.59. The van der Waals surface area contributed by atoms with Crippen molar-refractivity contribution in [1.82, 2.24) is 4.98 Å². The maximum atomic E-state index is 6.14. The number of hydrogen-bond donors (Lipinski definition) is 1. The number of pyridine rings is 1. The van der Waals surface area contributed by atoms with E-state index in [1.165, 1.54) is 0 Å². The van der Waals surface area contributed by atoms with E-state index in [1.54, 1.807) is 12.3 Å². The first-order valence-electron chi connectivity index (χ1n) is 5.06. The van der Waals surface area contributed by atoms with Crippen molar-refractivity contribution in [1.29, 1.82) is 0 Å². The Morgan fingerprint density at radius 3 is 2.69 bits per heavy atom. The van der Waals surface area contributed by atoms with Crippen LogP contribution < -0.4 is 5.73 Å². The first kappa shape index (κ1) is 11.6. The van der Waals surface area contributed by atoms with Crippen LogP contribution >= 0.6 is 23.2 Å². The van der Waals surface area contributed by atoms with Crippen molar-refractivity contribution in [3.8, 4) is 0 Å². The molecule has 2 rings (SSSR count). The van der Waals surface area contributed by atoms with Gasteiger partial charge in [-0.15, -0.1) is 0 Å². The summed E-state index contributed by atoms with van der Waals surface area (Å²) in [6.07, 6.45) is 2.47. The molecule has 2 nitrogen and oxygen atoms in total. The molecule has 1 aromatic heterocycles. The van der Waals surface area contributed by atoms with Crippen molar-refractivity contribution < 1.29 is 0 Å². The lowest BCUT2D eigenvalue weighted by molar-refractivity contribution is 0.727. The van der Waals surface area contributed by atoms with Gasteiger partial charge in [-0.3, -0.25) is 4.98 Å². The molecule has 2 N–H and O–H groups in total. The van der Waals surface area contributed by atoms with E-state index in [2.05, 4.69) is 4.98 Å². The SMILES string of the molecule is CC(N)Cc1nccc2c(Cl)c(Cl)ccc12. The van der Waals surface area contributed by atoms with Crippen LogP contribution in [-0.2, 0) is 6.42 Å². The highest BCUT2D eigenvalue weighted by Crippen LogP contribution is 2.31. The summed E-state index contributed by atoms with van der Waals surface area (Å²) in [7, 11) is 0. The summed E-state index contributed by atoms with van der Waals surface area (Å²) in [5.74, 6) is 0. The average molecular weight is 255 g/mol. The van der Waals surface area contributed by atoms with Gasteiger partial charge in [0.15, 0.2) is 0 Å². The van der Waals surface area contributed by atoms with Gasteiger partial charge in [-0.2, -0.15) is 0 Å². The van der Waals surface area contributed by atoms with Crippen molar-refractivity contribution in [3.63, 3.8) is 0 Å². The van der Waals surface area contributed by atoms with Crippen molar-refractivity contribution in [2.45, 2.75) is 19.4 Å². The quantitative estimate of drug-likeness (QED) is 0.892. The zero-order chi connectivity index (χ0) is 11.7. The molecule has 1 aromatic carbocycles. The van der Waals surface area contributed by atoms with Crippen LogP contribution in [-0.4, -0.2) is 11.0 Å². The van der Waals surface area contributed by atoms with Gasteiger partial charge in [-0.05, 0) is 19.1 Å². The summed E-state index contributed by atoms with van der Waals surface area (Å²) in [6, 6.07) is 5.67. The van der Waals surface area contributed by atoms with Gasteiger partial charge in [-0.1, -0.05) is 29.3 Å². The van der Waals surface area contributed by atoms with E-state index in [-0.39, 0.29) is 6.04 Å². The molecule has 0 amide bonds. The molecule has 0 spiro atoms. The van der Waals surface area contributed by atoms with E-state index in [0.717, 1.165) is 22.9 Å². The summed E-state index contributed by atoms with van der Waals surface area (Å²) in [4.78, 5) is 4.34. The van der Waals surface area contributed by atoms with Crippen LogP contribution in [0.25, 0.3) is 10.8 Å². The highest BCUT2D eigenvalue weighted by Gasteiger charge is 2.09. The Balaban J connectivity index is 2.65. The molecule has 16 heavy (non-hydrogen) atoms. The largest absolute Gasteiger partial charge is 0.328 e. The smallest absolute Gasteiger partial charge is 0.0671 e. The number of nitrogens with zero attached hydrogens (tertiary/aromatic N) is 1. The maximum absolute atomic E-state index is 6.14. The molecule has 2 aromatic rings. The lowest BCUT2D eigenvalue weighted by Crippen LogP contribution is -2.18. The predicted octanol–water partition coefficient (Wildman–Crippen LogP) is 3.43. The van der Waals surface area contributed by atoms with Gasteiger partial charge in [0.25, 0.3) is 0 Å². The standard InChI is InChI=1S/C12H12Cl2N2/c1-7(15)6-11-8-2-3-10(13)12(14)9(8)4-5-16-11/h2-5,7H,6,15H2,1H3. The molecular weight excluding hydrogens is 243 g/mol. The van der Waals surface area contributed by atoms with Crippen LogP contribution in [0.15, 0.2) is 24.4 Å². The zero-order valence-corrected chi connectivity index (χ0v) is 10.4. The number of nitrogens with two attached hydrogens (primary N) is 1. The van der Waals surface area contributed by atoms with E-state index >= 15 is 0 Å². The van der Waals surface area contributed by atoms with Gasteiger partial charge < -0.3 is 5.73 Å². The lowest BCUT2D eigenvalue weighted by Gasteiger charge is -2.09. The van der Waals surface area contributed by atoms with Crippen LogP contribution in [0.1, 0.15) is 12.6 Å². The number of halogens is 2. The Kier molecular flexibility index (Phi) is 3.33. The molecule has 1 atom stereocenters. The summed E-state index contributed by atoms with van der Waals surface area (Å²) in [5.41, 5.74) is 6.75. The third-order valence-electron chi connectivity index (χ3n) is 2.43. The molecule has 0 saturated carbocycles. The van der Waals surface area contributed by atoms with Crippen LogP contribution in [0.2, 0.25) is 10.0 Å². The predicted molar refractivity (Wildman–Crippen MR) is 69.1 cm³/mol. The minimum absolute atomic E-state index is 0.0764. The molecule has 0 aliphatic carbocycles. The molecule has 0 saturated heterocycles. The molecule has 0 fully saturated rings. The number of benzene rings is 1. The molecule has 84 valence electrons. The normalized spacial score (nSPS) is 13.0. The molecule has 0 aliphatic heterocycles. The van der Waals surface area contributed by atoms with Gasteiger partial charge >= 0.3 is 0 Å². The Morgan fingerprint density at radius 2 is 2.00 bits per heavy atom. The van der Waals surface area contributed by atoms with E-state index in [9.17, 15) is 0 Å². The fraction of sp³-hybridized carbons (Fsp3) is 0.250. The van der Waals surface area contributed by atoms with E-state index in [1.807, 2.05) is 19.1 Å². The third kappa shape index (κ3) is 2.14. The van der Waals surface area contributed by atoms with Crippen LogP contribution in [0, 0.1) is 0 Å². The number of fused-ring (bicyclic) bond motifs is 1. The average Bonchev–Trinajstić information content (AvgIpc) is 2.23. The zero-order valence-electron chi connectivity index (χ0n) is 8.87. The second-order valence-corrected chi connectivity index (χ2v) is 4.68. The highest BCUT2D eigenvalue weighted by atomic mass is 35.5. The molecule has 0 bridgehead atoms. The van der Waals surface area contributed by atoms with Gasteiger partial charge in [-0.25, -0.2) is 0 Å². The second kappa shape index (κ2) is 4.58. The molecule has 1 unspecified atom stereocenters. The number of hydrogen-bond acceptors (Lipinski definition) is 2. The van der Waals surface area contributed by atoms with Gasteiger partial charge in [0.1, 0.15) is 0 Å². The highest BCUT2D eigenvalue weighted by molar-refractivity contribution is 6.45. The summed E-state index contributed by atoms with van der Waals surface area (Å²) in [5, 5.41) is 3.09. The van der Waals surface area contributed by atoms with Crippen LogP contribution in [0.5, 0.6) is 0 Å². The summed E-state index contributed by atoms with van der Waals surface area (Å²) in [6.45, 7) is 1.96. The molecule has 0 aliphatic rings. The second-order valence-electron chi connectivity index (χ2n) is 3.90. The third-order valence-corrected chi connectivity index (χ3v) is 3.25. The van der Waals surface area contributed by atoms with E-state index < -0.39 is 0 Å². The van der Waals surface area contributed by atoms with Crippen molar-refractivity contribution >= 4 is 34.0 Å². The molecular formula is C12H12Cl2N2. The summed E-state index contributed by atoms with van der Waals surface area (Å²) < 4.78 is 0. The fourth-order valence-corrected chi connectivity index (χ4v) is 2.11. The van der Waals surface area contributed by atoms with E-state index in [0.29, 0.717) is 10.0 Å². The Morgan fingerprint density at radius 1 is 1.25 bits per heavy atom. The van der Waals surface area contributed by atoms with E-state index in [4.69, 9.17) is 28.9 Å². The number of rotatable bonds is 2. The van der Waals surface area contributed by atoms with Crippen molar-refractivity contribution in [2.75, 3.05) is 0 Å². The monoisotopic (exact) mass is 254 g/mol. The summed E-state index contributed by atoms with van der Waals surface area (Å²) >= 11 is 12.1. The Labute approximate surface area is 104 Å². The minimum Gasteiger partial charge on any atom is -0.328 e. The van der Waals surface area contributed by atoms with Crippen molar-refractivity contribution in [3.05, 3.63) is 40.1 Å². The lowest BCUT2D eigenvalue weighted by atomic mass is 10.1.